The molecule has 0 saturated carbocycles. The van der Waals surface area contributed by atoms with Gasteiger partial charge in [0.2, 0.25) is 5.88 Å². The topological polar surface area (TPSA) is 104 Å². The number of hydrogen-bond acceptors (Lipinski definition) is 7. The van der Waals surface area contributed by atoms with Crippen molar-refractivity contribution in [2.75, 3.05) is 27.9 Å². The lowest BCUT2D eigenvalue weighted by molar-refractivity contribution is 0.352. The van der Waals surface area contributed by atoms with Gasteiger partial charge in [0.05, 0.1) is 38.6 Å². The number of rotatable bonds is 5. The Morgan fingerprint density at radius 3 is 2.28 bits per heavy atom. The maximum Gasteiger partial charge on any atom is 0.338 e. The van der Waals surface area contributed by atoms with Crippen molar-refractivity contribution in [3.05, 3.63) is 73.9 Å². The molecule has 1 unspecified atom stereocenters. The second kappa shape index (κ2) is 8.43. The van der Waals surface area contributed by atoms with Gasteiger partial charge in [-0.3, -0.25) is 9.36 Å². The molecule has 9 heteroatoms. The average molecular weight is 439 g/mol. The first-order valence-corrected chi connectivity index (χ1v) is 10.1. The summed E-state index contributed by atoms with van der Waals surface area (Å²) in [4.78, 5) is 26.5. The number of methoxy groups -OCH3 is 3. The van der Waals surface area contributed by atoms with Crippen molar-refractivity contribution in [2.45, 2.75) is 12.5 Å². The molecule has 1 aromatic heterocycles. The molecule has 32 heavy (non-hydrogen) atoms. The van der Waals surface area contributed by atoms with Gasteiger partial charge in [-0.15, -0.1) is 0 Å². The van der Waals surface area contributed by atoms with Gasteiger partial charge >= 0.3 is 5.69 Å². The first-order valence-electron chi connectivity index (χ1n) is 10.1. The Kier molecular flexibility index (Phi) is 5.67. The van der Waals surface area contributed by atoms with Crippen molar-refractivity contribution < 1.29 is 19.3 Å². The number of nitrogens with one attached hydrogen (secondary N) is 1. The van der Waals surface area contributed by atoms with E-state index in [0.29, 0.717) is 35.9 Å². The van der Waals surface area contributed by atoms with Crippen molar-refractivity contribution in [3.8, 4) is 28.8 Å². The number of aromatic hydroxyl groups is 1. The normalized spacial score (nSPS) is 15.2. The van der Waals surface area contributed by atoms with E-state index in [1.165, 1.54) is 21.3 Å². The highest BCUT2D eigenvalue weighted by molar-refractivity contribution is 5.52. The number of ether oxygens (including phenoxy) is 3. The molecule has 0 aliphatic carbocycles. The summed E-state index contributed by atoms with van der Waals surface area (Å²) in [7, 11) is 6.07. The number of hydrogen-bond donors (Lipinski definition) is 2. The smallest absolute Gasteiger partial charge is 0.338 e. The van der Waals surface area contributed by atoms with Gasteiger partial charge in [-0.25, -0.2) is 9.36 Å². The van der Waals surface area contributed by atoms with Gasteiger partial charge in [-0.05, 0) is 53.9 Å². The molecule has 0 fully saturated rings. The van der Waals surface area contributed by atoms with Gasteiger partial charge in [0, 0.05) is 13.6 Å². The monoisotopic (exact) mass is 439 g/mol. The van der Waals surface area contributed by atoms with Gasteiger partial charge in [0.1, 0.15) is 5.75 Å². The van der Waals surface area contributed by atoms with Crippen molar-refractivity contribution in [2.24, 2.45) is 7.05 Å². The van der Waals surface area contributed by atoms with E-state index in [-0.39, 0.29) is 11.4 Å². The highest BCUT2D eigenvalue weighted by atomic mass is 16.5. The van der Waals surface area contributed by atoms with E-state index in [4.69, 9.17) is 14.2 Å². The molecule has 4 rings (SSSR count). The van der Waals surface area contributed by atoms with Crippen LogP contribution >= 0.6 is 0 Å². The molecule has 1 atom stereocenters. The molecule has 168 valence electrons. The number of nitrogens with zero attached hydrogens (tertiary/aromatic N) is 2. The zero-order valence-corrected chi connectivity index (χ0v) is 18.3. The van der Waals surface area contributed by atoms with Crippen LogP contribution in [0.5, 0.6) is 23.1 Å². The molecule has 3 aromatic rings. The Balaban J connectivity index is 1.95. The third kappa shape index (κ3) is 3.40. The lowest BCUT2D eigenvalue weighted by atomic mass is 9.90. The van der Waals surface area contributed by atoms with Crippen LogP contribution in [-0.4, -0.2) is 42.1 Å². The average Bonchev–Trinajstić information content (AvgIpc) is 2.82. The largest absolute Gasteiger partial charge is 0.497 e. The maximum absolute atomic E-state index is 13.6. The predicted octanol–water partition coefficient (Wildman–Crippen LogP) is 1.50. The molecule has 0 bridgehead atoms. The molecular formula is C23H25N3O6. The van der Waals surface area contributed by atoms with Crippen molar-refractivity contribution in [1.29, 1.82) is 0 Å². The van der Waals surface area contributed by atoms with Gasteiger partial charge in [0.15, 0.2) is 11.5 Å². The Labute approximate surface area is 184 Å². The summed E-state index contributed by atoms with van der Waals surface area (Å²) in [6, 6.07) is 9.62. The minimum absolute atomic E-state index is 0.0797. The summed E-state index contributed by atoms with van der Waals surface area (Å²) >= 11 is 0. The number of aromatic nitrogens is 2. The SMILES string of the molecule is COc1ccc(-n2c(=O)c(C3NCCc4cc(OC)c(OC)cc43)c(O)n(C)c2=O)cc1. The van der Waals surface area contributed by atoms with Crippen LogP contribution < -0.4 is 30.8 Å². The van der Waals surface area contributed by atoms with Gasteiger partial charge in [-0.1, -0.05) is 0 Å². The number of benzene rings is 2. The summed E-state index contributed by atoms with van der Waals surface area (Å²) in [6.07, 6.45) is 0.714. The van der Waals surface area contributed by atoms with Gasteiger partial charge in [0.25, 0.3) is 5.56 Å². The van der Waals surface area contributed by atoms with E-state index < -0.39 is 17.3 Å². The summed E-state index contributed by atoms with van der Waals surface area (Å²) in [5.74, 6) is 1.32. The second-order valence-electron chi connectivity index (χ2n) is 7.46. The summed E-state index contributed by atoms with van der Waals surface area (Å²) in [6.45, 7) is 0.581. The van der Waals surface area contributed by atoms with E-state index in [1.807, 2.05) is 6.07 Å². The molecule has 2 heterocycles. The molecule has 0 saturated heterocycles. The van der Waals surface area contributed by atoms with E-state index in [0.717, 1.165) is 20.3 Å². The van der Waals surface area contributed by atoms with Crippen LogP contribution in [0.1, 0.15) is 22.7 Å². The highest BCUT2D eigenvalue weighted by Crippen LogP contribution is 2.38. The van der Waals surface area contributed by atoms with Crippen molar-refractivity contribution in [1.82, 2.24) is 14.5 Å². The third-order valence-corrected chi connectivity index (χ3v) is 5.79. The maximum atomic E-state index is 13.6. The second-order valence-corrected chi connectivity index (χ2v) is 7.46. The summed E-state index contributed by atoms with van der Waals surface area (Å²) < 4.78 is 18.1. The lowest BCUT2D eigenvalue weighted by Gasteiger charge is -2.29. The minimum atomic E-state index is -0.648. The molecule has 1 aliphatic heterocycles. The zero-order chi connectivity index (χ0) is 23.0. The van der Waals surface area contributed by atoms with Gasteiger partial charge in [-0.2, -0.15) is 0 Å². The summed E-state index contributed by atoms with van der Waals surface area (Å²) in [5.41, 5.74) is 0.953. The Hall–Kier alpha value is -3.72. The third-order valence-electron chi connectivity index (χ3n) is 5.79. The quantitative estimate of drug-likeness (QED) is 0.621. The number of fused-ring (bicyclic) bond motifs is 1. The van der Waals surface area contributed by atoms with Crippen LogP contribution in [0.4, 0.5) is 0 Å². The molecule has 2 aromatic carbocycles. The van der Waals surface area contributed by atoms with E-state index in [1.54, 1.807) is 37.4 Å². The summed E-state index contributed by atoms with van der Waals surface area (Å²) in [5, 5.41) is 14.2. The molecule has 0 amide bonds. The lowest BCUT2D eigenvalue weighted by Crippen LogP contribution is -2.43. The van der Waals surface area contributed by atoms with Crippen LogP contribution in [0.3, 0.4) is 0 Å². The molecule has 1 aliphatic rings. The van der Waals surface area contributed by atoms with Crippen molar-refractivity contribution in [3.63, 3.8) is 0 Å². The minimum Gasteiger partial charge on any atom is -0.497 e. The van der Waals surface area contributed by atoms with Crippen LogP contribution in [0.25, 0.3) is 5.69 Å². The first-order chi connectivity index (χ1) is 15.4. The fraction of sp³-hybridized carbons (Fsp3) is 0.304. The molecule has 0 radical (unpaired) electrons. The van der Waals surface area contributed by atoms with Crippen LogP contribution in [0.15, 0.2) is 46.0 Å². The van der Waals surface area contributed by atoms with Gasteiger partial charge < -0.3 is 24.6 Å². The first kappa shape index (κ1) is 21.5. The van der Waals surface area contributed by atoms with Crippen LogP contribution in [0.2, 0.25) is 0 Å². The van der Waals surface area contributed by atoms with Crippen LogP contribution in [-0.2, 0) is 13.5 Å². The fourth-order valence-electron chi connectivity index (χ4n) is 4.08. The van der Waals surface area contributed by atoms with E-state index in [2.05, 4.69) is 5.32 Å². The highest BCUT2D eigenvalue weighted by Gasteiger charge is 2.31. The Bertz CT molecular complexity index is 1280. The molecule has 2 N–H and O–H groups in total. The predicted molar refractivity (Wildman–Crippen MR) is 119 cm³/mol. The molecular weight excluding hydrogens is 414 g/mol. The van der Waals surface area contributed by atoms with E-state index >= 15 is 0 Å². The fourth-order valence-corrected chi connectivity index (χ4v) is 4.08. The zero-order valence-electron chi connectivity index (χ0n) is 18.3. The Morgan fingerprint density at radius 2 is 1.66 bits per heavy atom. The standard InChI is InChI=1S/C23H25N3O6/c1-25-21(27)19(22(28)26(23(25)29)14-5-7-15(30-2)8-6-14)20-16-12-18(32-4)17(31-3)11-13(16)9-10-24-20/h5-8,11-12,20,24,27H,9-10H2,1-4H3. The van der Waals surface area contributed by atoms with Crippen molar-refractivity contribution >= 4 is 0 Å². The van der Waals surface area contributed by atoms with E-state index in [9.17, 15) is 14.7 Å². The van der Waals surface area contributed by atoms with Crippen LogP contribution in [0, 0.1) is 0 Å². The molecule has 9 nitrogen and oxygen atoms in total. The molecule has 0 spiro atoms. The Morgan fingerprint density at radius 1 is 1.00 bits per heavy atom.